The molecule has 0 heterocycles. The maximum Gasteiger partial charge on any atom is 0.233 e. The maximum absolute atomic E-state index is 11.0. The Morgan fingerprint density at radius 1 is 1.42 bits per heavy atom. The van der Waals surface area contributed by atoms with Gasteiger partial charge in [0.05, 0.1) is 12.4 Å². The molecule has 0 spiro atoms. The van der Waals surface area contributed by atoms with Gasteiger partial charge < -0.3 is 0 Å². The SMILES string of the molecule is CCONS(=O)(=O)CCCCCl. The number of unbranched alkanes of at least 4 members (excludes halogenated alkanes) is 1. The van der Waals surface area contributed by atoms with Crippen molar-refractivity contribution in [2.45, 2.75) is 19.8 Å². The van der Waals surface area contributed by atoms with Crippen LogP contribution in [0.5, 0.6) is 0 Å². The van der Waals surface area contributed by atoms with Gasteiger partial charge in [0.2, 0.25) is 10.0 Å². The van der Waals surface area contributed by atoms with Gasteiger partial charge in [-0.1, -0.05) is 4.89 Å². The summed E-state index contributed by atoms with van der Waals surface area (Å²) in [6.07, 6.45) is 1.26. The lowest BCUT2D eigenvalue weighted by atomic mass is 10.4. The minimum Gasteiger partial charge on any atom is -0.287 e. The summed E-state index contributed by atoms with van der Waals surface area (Å²) < 4.78 is 22.0. The Morgan fingerprint density at radius 2 is 2.08 bits per heavy atom. The van der Waals surface area contributed by atoms with Crippen LogP contribution in [0.15, 0.2) is 0 Å². The molecule has 0 aliphatic heterocycles. The number of halogens is 1. The Hall–Kier alpha value is 0.160. The molecule has 0 aliphatic carbocycles. The van der Waals surface area contributed by atoms with Crippen LogP contribution in [0.2, 0.25) is 0 Å². The summed E-state index contributed by atoms with van der Waals surface area (Å²) in [5.41, 5.74) is 0. The van der Waals surface area contributed by atoms with Gasteiger partial charge in [0, 0.05) is 5.88 Å². The smallest absolute Gasteiger partial charge is 0.233 e. The van der Waals surface area contributed by atoms with Crippen molar-refractivity contribution >= 4 is 21.6 Å². The van der Waals surface area contributed by atoms with Gasteiger partial charge in [-0.25, -0.2) is 8.42 Å². The highest BCUT2D eigenvalue weighted by Gasteiger charge is 2.08. The quantitative estimate of drug-likeness (QED) is 0.390. The minimum atomic E-state index is -3.25. The molecule has 0 saturated carbocycles. The zero-order valence-corrected chi connectivity index (χ0v) is 8.62. The van der Waals surface area contributed by atoms with E-state index >= 15 is 0 Å². The molecule has 0 fully saturated rings. The van der Waals surface area contributed by atoms with Gasteiger partial charge >= 0.3 is 0 Å². The molecule has 0 atom stereocenters. The summed E-state index contributed by atoms with van der Waals surface area (Å²) in [6, 6.07) is 0. The second-order valence-electron chi connectivity index (χ2n) is 2.23. The molecular weight excluding hydrogens is 202 g/mol. The van der Waals surface area contributed by atoms with E-state index in [1.807, 2.05) is 4.89 Å². The zero-order chi connectivity index (χ0) is 9.45. The first kappa shape index (κ1) is 12.2. The van der Waals surface area contributed by atoms with E-state index in [-0.39, 0.29) is 5.75 Å². The van der Waals surface area contributed by atoms with Crippen LogP contribution in [0.3, 0.4) is 0 Å². The average Bonchev–Trinajstić information content (AvgIpc) is 2.01. The Balaban J connectivity index is 3.58. The number of nitrogens with one attached hydrogen (secondary N) is 1. The standard InChI is InChI=1S/C6H14ClNO3S/c1-2-11-8-12(9,10)6-4-3-5-7/h8H,2-6H2,1H3. The number of rotatable bonds is 7. The molecule has 0 aromatic heterocycles. The second kappa shape index (κ2) is 6.65. The highest BCUT2D eigenvalue weighted by molar-refractivity contribution is 7.89. The molecule has 0 amide bonds. The Morgan fingerprint density at radius 3 is 2.58 bits per heavy atom. The largest absolute Gasteiger partial charge is 0.287 e. The molecule has 0 bridgehead atoms. The van der Waals surface area contributed by atoms with E-state index in [4.69, 9.17) is 11.6 Å². The number of alkyl halides is 1. The third-order valence-electron chi connectivity index (χ3n) is 1.13. The van der Waals surface area contributed by atoms with Crippen LogP contribution in [0.25, 0.3) is 0 Å². The molecule has 0 radical (unpaired) electrons. The van der Waals surface area contributed by atoms with Crippen molar-refractivity contribution in [2.75, 3.05) is 18.2 Å². The van der Waals surface area contributed by atoms with Gasteiger partial charge in [-0.05, 0) is 19.8 Å². The maximum atomic E-state index is 11.0. The van der Waals surface area contributed by atoms with Crippen molar-refractivity contribution in [3.05, 3.63) is 0 Å². The second-order valence-corrected chi connectivity index (χ2v) is 4.41. The van der Waals surface area contributed by atoms with Crippen LogP contribution in [-0.2, 0) is 14.9 Å². The highest BCUT2D eigenvalue weighted by Crippen LogP contribution is 1.96. The monoisotopic (exact) mass is 215 g/mol. The summed E-state index contributed by atoms with van der Waals surface area (Å²) in [5, 5.41) is 0. The molecular formula is C6H14ClNO3S. The lowest BCUT2D eigenvalue weighted by molar-refractivity contribution is 0.105. The van der Waals surface area contributed by atoms with E-state index in [9.17, 15) is 8.42 Å². The lowest BCUT2D eigenvalue weighted by Gasteiger charge is -2.03. The molecule has 0 aliphatic rings. The first-order valence-electron chi connectivity index (χ1n) is 3.79. The van der Waals surface area contributed by atoms with Gasteiger partial charge in [-0.3, -0.25) is 4.84 Å². The summed E-state index contributed by atoms with van der Waals surface area (Å²) in [4.78, 5) is 6.55. The Kier molecular flexibility index (Phi) is 6.74. The van der Waals surface area contributed by atoms with Gasteiger partial charge in [-0.2, -0.15) is 0 Å². The minimum absolute atomic E-state index is 0.0692. The Bertz CT molecular complexity index is 193. The third kappa shape index (κ3) is 6.84. The van der Waals surface area contributed by atoms with Crippen molar-refractivity contribution < 1.29 is 13.3 Å². The number of hydrogen-bond donors (Lipinski definition) is 1. The number of hydrogen-bond acceptors (Lipinski definition) is 3. The fraction of sp³-hybridized carbons (Fsp3) is 1.00. The Labute approximate surface area is 78.2 Å². The predicted molar refractivity (Wildman–Crippen MR) is 48.5 cm³/mol. The van der Waals surface area contributed by atoms with Crippen LogP contribution in [0.1, 0.15) is 19.8 Å². The van der Waals surface area contributed by atoms with Crippen LogP contribution in [-0.4, -0.2) is 26.7 Å². The first-order valence-corrected chi connectivity index (χ1v) is 5.98. The van der Waals surface area contributed by atoms with E-state index in [0.717, 1.165) is 0 Å². The van der Waals surface area contributed by atoms with Crippen LogP contribution < -0.4 is 4.89 Å². The molecule has 74 valence electrons. The van der Waals surface area contributed by atoms with E-state index in [2.05, 4.69) is 4.84 Å². The van der Waals surface area contributed by atoms with Gasteiger partial charge in [0.15, 0.2) is 0 Å². The van der Waals surface area contributed by atoms with Crippen molar-refractivity contribution in [3.8, 4) is 0 Å². The molecule has 0 rings (SSSR count). The van der Waals surface area contributed by atoms with Crippen molar-refractivity contribution in [3.63, 3.8) is 0 Å². The topological polar surface area (TPSA) is 55.4 Å². The zero-order valence-electron chi connectivity index (χ0n) is 7.05. The summed E-state index contributed by atoms with van der Waals surface area (Å²) in [5.74, 6) is 0.559. The summed E-state index contributed by atoms with van der Waals surface area (Å²) >= 11 is 5.39. The first-order chi connectivity index (χ1) is 5.62. The molecule has 0 saturated heterocycles. The van der Waals surface area contributed by atoms with Crippen molar-refractivity contribution in [1.29, 1.82) is 0 Å². The van der Waals surface area contributed by atoms with E-state index < -0.39 is 10.0 Å². The van der Waals surface area contributed by atoms with Crippen molar-refractivity contribution in [1.82, 2.24) is 4.89 Å². The highest BCUT2D eigenvalue weighted by atomic mass is 35.5. The van der Waals surface area contributed by atoms with E-state index in [1.165, 1.54) is 0 Å². The summed E-state index contributed by atoms with van der Waals surface area (Å²) in [7, 11) is -3.25. The van der Waals surface area contributed by atoms with Gasteiger partial charge in [-0.15, -0.1) is 11.6 Å². The fourth-order valence-corrected chi connectivity index (χ4v) is 1.73. The molecule has 0 unspecified atom stereocenters. The lowest BCUT2D eigenvalue weighted by Crippen LogP contribution is -2.26. The van der Waals surface area contributed by atoms with E-state index in [0.29, 0.717) is 25.3 Å². The van der Waals surface area contributed by atoms with Gasteiger partial charge in [0.1, 0.15) is 0 Å². The van der Waals surface area contributed by atoms with Crippen LogP contribution in [0, 0.1) is 0 Å². The van der Waals surface area contributed by atoms with Crippen LogP contribution in [0.4, 0.5) is 0 Å². The van der Waals surface area contributed by atoms with E-state index in [1.54, 1.807) is 6.92 Å². The summed E-state index contributed by atoms with van der Waals surface area (Å²) in [6.45, 7) is 2.04. The normalized spacial score (nSPS) is 11.8. The fourth-order valence-electron chi connectivity index (χ4n) is 0.577. The predicted octanol–water partition coefficient (Wildman–Crippen LogP) is 0.876. The van der Waals surface area contributed by atoms with Gasteiger partial charge in [0.25, 0.3) is 0 Å². The third-order valence-corrected chi connectivity index (χ3v) is 2.59. The van der Waals surface area contributed by atoms with Crippen molar-refractivity contribution in [2.24, 2.45) is 0 Å². The molecule has 12 heavy (non-hydrogen) atoms. The number of sulfonamides is 1. The van der Waals surface area contributed by atoms with Crippen LogP contribution >= 0.6 is 11.6 Å². The average molecular weight is 216 g/mol. The molecule has 4 nitrogen and oxygen atoms in total. The molecule has 1 N–H and O–H groups in total. The molecule has 0 aromatic carbocycles. The molecule has 0 aromatic rings. The molecule has 6 heteroatoms.